The van der Waals surface area contributed by atoms with Gasteiger partial charge < -0.3 is 14.4 Å². The number of aliphatic hydroxyl groups excluding tert-OH is 1. The molecule has 4 heteroatoms. The van der Waals surface area contributed by atoms with Gasteiger partial charge in [0.2, 0.25) is 0 Å². The molecule has 1 aromatic rings. The Hall–Kier alpha value is -1.81. The van der Waals surface area contributed by atoms with E-state index in [9.17, 15) is 9.90 Å². The fraction of sp³-hybridized carbons (Fsp3) is 0.654. The number of carbonyl (C=O) groups is 1. The van der Waals surface area contributed by atoms with E-state index in [1.807, 2.05) is 6.08 Å². The summed E-state index contributed by atoms with van der Waals surface area (Å²) in [6.07, 6.45) is 17.4. The Bertz CT molecular complexity index is 692. The number of carbonyl (C=O) groups excluding carboxylic acids is 1. The molecule has 0 aliphatic rings. The summed E-state index contributed by atoms with van der Waals surface area (Å²) in [6.45, 7) is 12.1. The van der Waals surface area contributed by atoms with Crippen molar-refractivity contribution in [2.75, 3.05) is 7.11 Å². The Morgan fingerprint density at radius 1 is 1.23 bits per heavy atom. The predicted octanol–water partition coefficient (Wildman–Crippen LogP) is 6.24. The molecule has 0 spiro atoms. The van der Waals surface area contributed by atoms with Crippen LogP contribution in [0.15, 0.2) is 24.4 Å². The van der Waals surface area contributed by atoms with Crippen molar-refractivity contribution >= 4 is 12.0 Å². The van der Waals surface area contributed by atoms with Crippen LogP contribution in [0.2, 0.25) is 0 Å². The molecule has 0 aliphatic carbocycles. The van der Waals surface area contributed by atoms with E-state index in [4.69, 9.17) is 0 Å². The first-order valence-corrected chi connectivity index (χ1v) is 11.4. The summed E-state index contributed by atoms with van der Waals surface area (Å²) < 4.78 is 7.02. The molecule has 4 nitrogen and oxygen atoms in total. The Kier molecular flexibility index (Phi) is 11.8. The highest BCUT2D eigenvalue weighted by Crippen LogP contribution is 2.25. The molecular weight excluding hydrogens is 374 g/mol. The van der Waals surface area contributed by atoms with Gasteiger partial charge in [-0.3, -0.25) is 4.79 Å². The smallest absolute Gasteiger partial charge is 0.305 e. The van der Waals surface area contributed by atoms with Gasteiger partial charge in [-0.2, -0.15) is 0 Å². The third-order valence-corrected chi connectivity index (χ3v) is 5.23. The first kappa shape index (κ1) is 26.2. The molecule has 0 amide bonds. The van der Waals surface area contributed by atoms with E-state index in [-0.39, 0.29) is 17.5 Å². The van der Waals surface area contributed by atoms with Gasteiger partial charge in [0, 0.05) is 24.9 Å². The second-order valence-electron chi connectivity index (χ2n) is 9.40. The largest absolute Gasteiger partial charge is 0.469 e. The van der Waals surface area contributed by atoms with Crippen LogP contribution in [0.1, 0.15) is 89.5 Å². The van der Waals surface area contributed by atoms with Crippen LogP contribution in [0.3, 0.4) is 0 Å². The number of ether oxygens (including phenoxy) is 1. The summed E-state index contributed by atoms with van der Waals surface area (Å²) in [6, 6.07) is 0. The average molecular weight is 418 g/mol. The van der Waals surface area contributed by atoms with E-state index in [0.717, 1.165) is 45.1 Å². The second kappa shape index (κ2) is 13.5. The highest BCUT2D eigenvalue weighted by molar-refractivity contribution is 5.69. The lowest BCUT2D eigenvalue weighted by Crippen LogP contribution is -2.15. The monoisotopic (exact) mass is 417 g/mol. The number of aromatic nitrogens is 1. The Balaban J connectivity index is 2.86. The van der Waals surface area contributed by atoms with Crippen LogP contribution in [0.5, 0.6) is 0 Å². The normalized spacial score (nSPS) is 13.4. The van der Waals surface area contributed by atoms with E-state index >= 15 is 0 Å². The zero-order valence-electron chi connectivity index (χ0n) is 20.0. The Labute approximate surface area is 184 Å². The Morgan fingerprint density at radius 3 is 2.60 bits per heavy atom. The van der Waals surface area contributed by atoms with Crippen LogP contribution in [-0.2, 0) is 22.5 Å². The van der Waals surface area contributed by atoms with Crippen LogP contribution in [0.25, 0.3) is 6.08 Å². The van der Waals surface area contributed by atoms with Crippen molar-refractivity contribution in [3.05, 3.63) is 41.2 Å². The highest BCUT2D eigenvalue weighted by Gasteiger charge is 2.16. The maximum absolute atomic E-state index is 11.2. The van der Waals surface area contributed by atoms with Crippen molar-refractivity contribution in [3.63, 3.8) is 0 Å². The number of hydrogen-bond acceptors (Lipinski definition) is 3. The van der Waals surface area contributed by atoms with E-state index in [0.29, 0.717) is 6.42 Å². The SMILES string of the molecule is CCCCCC(O)C=Cc1cn(CC(C)(C)C)c(C)c1C/C=C\CCCC(=O)OC. The number of methoxy groups -OCH3 is 1. The van der Waals surface area contributed by atoms with Crippen LogP contribution < -0.4 is 0 Å². The molecule has 1 atom stereocenters. The van der Waals surface area contributed by atoms with Gasteiger partial charge in [-0.05, 0) is 49.1 Å². The predicted molar refractivity (Wildman–Crippen MR) is 127 cm³/mol. The summed E-state index contributed by atoms with van der Waals surface area (Å²) in [4.78, 5) is 11.2. The van der Waals surface area contributed by atoms with Crippen LogP contribution in [-0.4, -0.2) is 28.9 Å². The number of unbranched alkanes of at least 4 members (excludes halogenated alkanes) is 3. The minimum atomic E-state index is -0.385. The molecule has 30 heavy (non-hydrogen) atoms. The minimum Gasteiger partial charge on any atom is -0.469 e. The van der Waals surface area contributed by atoms with Crippen LogP contribution >= 0.6 is 0 Å². The fourth-order valence-corrected chi connectivity index (χ4v) is 3.51. The van der Waals surface area contributed by atoms with E-state index in [2.05, 4.69) is 68.3 Å². The van der Waals surface area contributed by atoms with Gasteiger partial charge in [0.1, 0.15) is 0 Å². The summed E-state index contributed by atoms with van der Waals surface area (Å²) >= 11 is 0. The highest BCUT2D eigenvalue weighted by atomic mass is 16.5. The lowest BCUT2D eigenvalue weighted by atomic mass is 9.97. The van der Waals surface area contributed by atoms with Crippen molar-refractivity contribution in [1.82, 2.24) is 4.57 Å². The summed E-state index contributed by atoms with van der Waals surface area (Å²) in [5, 5.41) is 10.3. The Morgan fingerprint density at radius 2 is 1.97 bits per heavy atom. The molecule has 0 aromatic carbocycles. The van der Waals surface area contributed by atoms with Gasteiger partial charge in [0.05, 0.1) is 13.2 Å². The van der Waals surface area contributed by atoms with Gasteiger partial charge in [0.25, 0.3) is 0 Å². The standard InChI is InChI=1S/C26H43NO3/c1-7-8-11-14-23(28)18-17-22-19-27(20-26(3,4)5)21(2)24(22)15-12-9-10-13-16-25(29)30-6/h9,12,17-19,23,28H,7-8,10-11,13-16,20H2,1-6H3/b12-9-,18-17?. The third-order valence-electron chi connectivity index (χ3n) is 5.23. The molecular formula is C26H43NO3. The molecule has 0 bridgehead atoms. The number of nitrogens with zero attached hydrogens (tertiary/aromatic N) is 1. The molecule has 0 aliphatic heterocycles. The molecule has 0 saturated heterocycles. The average Bonchev–Trinajstić information content (AvgIpc) is 2.96. The second-order valence-corrected chi connectivity index (χ2v) is 9.40. The maximum atomic E-state index is 11.2. The number of esters is 1. The van der Waals surface area contributed by atoms with Crippen molar-refractivity contribution in [3.8, 4) is 0 Å². The number of allylic oxidation sites excluding steroid dienone is 2. The van der Waals surface area contributed by atoms with E-state index < -0.39 is 0 Å². The van der Waals surface area contributed by atoms with Crippen LogP contribution in [0.4, 0.5) is 0 Å². The fourth-order valence-electron chi connectivity index (χ4n) is 3.51. The summed E-state index contributed by atoms with van der Waals surface area (Å²) in [5.74, 6) is -0.150. The van der Waals surface area contributed by atoms with Gasteiger partial charge in [0.15, 0.2) is 0 Å². The lowest BCUT2D eigenvalue weighted by molar-refractivity contribution is -0.140. The molecule has 1 unspecified atom stereocenters. The zero-order valence-corrected chi connectivity index (χ0v) is 20.0. The molecule has 170 valence electrons. The molecule has 1 aromatic heterocycles. The summed E-state index contributed by atoms with van der Waals surface area (Å²) in [5.41, 5.74) is 3.97. The lowest BCUT2D eigenvalue weighted by Gasteiger charge is -2.20. The zero-order chi connectivity index (χ0) is 22.6. The summed E-state index contributed by atoms with van der Waals surface area (Å²) in [7, 11) is 1.43. The number of aliphatic hydroxyl groups is 1. The van der Waals surface area contributed by atoms with Gasteiger partial charge in [-0.15, -0.1) is 0 Å². The molecule has 1 N–H and O–H groups in total. The van der Waals surface area contributed by atoms with Gasteiger partial charge in [-0.1, -0.05) is 71.3 Å². The molecule has 1 rings (SSSR count). The molecule has 0 radical (unpaired) electrons. The van der Waals surface area contributed by atoms with Crippen molar-refractivity contribution < 1.29 is 14.6 Å². The van der Waals surface area contributed by atoms with Gasteiger partial charge in [-0.25, -0.2) is 0 Å². The maximum Gasteiger partial charge on any atom is 0.305 e. The quantitative estimate of drug-likeness (QED) is 0.235. The third kappa shape index (κ3) is 10.3. The van der Waals surface area contributed by atoms with Crippen molar-refractivity contribution in [2.45, 2.75) is 98.6 Å². The molecule has 1 heterocycles. The molecule has 0 fully saturated rings. The number of hydrogen-bond donors (Lipinski definition) is 1. The van der Waals surface area contributed by atoms with Gasteiger partial charge >= 0.3 is 5.97 Å². The van der Waals surface area contributed by atoms with Crippen molar-refractivity contribution in [2.24, 2.45) is 5.41 Å². The first-order chi connectivity index (χ1) is 14.2. The number of rotatable bonds is 13. The minimum absolute atomic E-state index is 0.150. The first-order valence-electron chi connectivity index (χ1n) is 11.4. The van der Waals surface area contributed by atoms with Crippen LogP contribution in [0, 0.1) is 12.3 Å². The molecule has 0 saturated carbocycles. The van der Waals surface area contributed by atoms with E-state index in [1.165, 1.54) is 30.4 Å². The van der Waals surface area contributed by atoms with Crippen molar-refractivity contribution in [1.29, 1.82) is 0 Å². The topological polar surface area (TPSA) is 51.5 Å². The van der Waals surface area contributed by atoms with E-state index in [1.54, 1.807) is 0 Å².